The Hall–Kier alpha value is -1.45. The minimum absolute atomic E-state index is 0.342. The van der Waals surface area contributed by atoms with Crippen LogP contribution >= 0.6 is 0 Å². The summed E-state index contributed by atoms with van der Waals surface area (Å²) in [6.45, 7) is 1.57. The van der Waals surface area contributed by atoms with Gasteiger partial charge in [0.2, 0.25) is 0 Å². The zero-order valence-corrected chi connectivity index (χ0v) is 8.61. The maximum atomic E-state index is 12.5. The highest BCUT2D eigenvalue weighted by molar-refractivity contribution is 5.76. The first-order valence-corrected chi connectivity index (χ1v) is 4.84. The fraction of sp³-hybridized carbons (Fsp3) is 0.364. The van der Waals surface area contributed by atoms with Crippen LogP contribution in [0.2, 0.25) is 0 Å². The van der Waals surface area contributed by atoms with E-state index in [1.165, 1.54) is 6.20 Å². The molecule has 0 radical (unpaired) electrons. The topological polar surface area (TPSA) is 17.8 Å². The van der Waals surface area contributed by atoms with Crippen molar-refractivity contribution >= 4 is 11.0 Å². The molecule has 2 heterocycles. The molecule has 0 fully saturated rings. The van der Waals surface area contributed by atoms with Crippen LogP contribution in [-0.4, -0.2) is 9.55 Å². The van der Waals surface area contributed by atoms with Crippen molar-refractivity contribution in [2.45, 2.75) is 26.3 Å². The molecule has 0 saturated heterocycles. The maximum Gasteiger partial charge on any atom is 0.320 e. The molecule has 0 atom stereocenters. The lowest BCUT2D eigenvalue weighted by atomic mass is 10.1. The van der Waals surface area contributed by atoms with E-state index in [4.69, 9.17) is 0 Å². The van der Waals surface area contributed by atoms with Crippen LogP contribution in [0.3, 0.4) is 0 Å². The number of halogens is 2. The van der Waals surface area contributed by atoms with Crippen molar-refractivity contribution in [1.82, 2.24) is 9.55 Å². The third kappa shape index (κ3) is 1.71. The molecule has 0 aliphatic carbocycles. The van der Waals surface area contributed by atoms with E-state index in [1.54, 1.807) is 12.3 Å². The summed E-state index contributed by atoms with van der Waals surface area (Å²) in [6, 6.07) is 3.58. The highest BCUT2D eigenvalue weighted by Gasteiger charge is 2.11. The predicted octanol–water partition coefficient (Wildman–Crippen LogP) is 3.55. The molecule has 0 aliphatic rings. The Balaban J connectivity index is 2.57. The molecule has 2 aromatic heterocycles. The number of hydrogen-bond acceptors (Lipinski definition) is 1. The maximum absolute atomic E-state index is 12.5. The first-order valence-electron chi connectivity index (χ1n) is 4.84. The molecule has 0 spiro atoms. The summed E-state index contributed by atoms with van der Waals surface area (Å²) in [4.78, 5) is 4.07. The van der Waals surface area contributed by atoms with Crippen molar-refractivity contribution in [3.8, 4) is 0 Å². The molecule has 80 valence electrons. The molecular formula is C11H12F2N2. The zero-order valence-electron chi connectivity index (χ0n) is 8.61. The van der Waals surface area contributed by atoms with Crippen LogP contribution in [0.4, 0.5) is 8.78 Å². The van der Waals surface area contributed by atoms with Gasteiger partial charge >= 0.3 is 6.55 Å². The van der Waals surface area contributed by atoms with Gasteiger partial charge in [0, 0.05) is 17.8 Å². The first-order chi connectivity index (χ1) is 7.09. The van der Waals surface area contributed by atoms with Crippen molar-refractivity contribution in [2.75, 3.05) is 0 Å². The number of nitrogens with zero attached hydrogens (tertiary/aromatic N) is 2. The van der Waals surface area contributed by atoms with Crippen LogP contribution in [0.15, 0.2) is 24.5 Å². The molecule has 0 N–H and O–H groups in total. The lowest BCUT2D eigenvalue weighted by Crippen LogP contribution is -1.97. The van der Waals surface area contributed by atoms with Gasteiger partial charge in [0.25, 0.3) is 0 Å². The van der Waals surface area contributed by atoms with Crippen LogP contribution in [0.1, 0.15) is 31.9 Å². The van der Waals surface area contributed by atoms with Crippen LogP contribution < -0.4 is 0 Å². The van der Waals surface area contributed by atoms with Crippen molar-refractivity contribution in [3.63, 3.8) is 0 Å². The lowest BCUT2D eigenvalue weighted by molar-refractivity contribution is 0.0746. The van der Waals surface area contributed by atoms with Crippen LogP contribution in [0.25, 0.3) is 11.0 Å². The van der Waals surface area contributed by atoms with E-state index in [9.17, 15) is 8.78 Å². The van der Waals surface area contributed by atoms with Crippen molar-refractivity contribution in [3.05, 3.63) is 30.1 Å². The zero-order chi connectivity index (χ0) is 11.0. The fourth-order valence-electron chi connectivity index (χ4n) is 1.53. The SMILES string of the molecule is CC(C)c1cnc2c(ccn2C(F)F)c1. The molecule has 4 heteroatoms. The van der Waals surface area contributed by atoms with E-state index in [0.29, 0.717) is 11.6 Å². The summed E-state index contributed by atoms with van der Waals surface area (Å²) < 4.78 is 25.9. The van der Waals surface area contributed by atoms with Gasteiger partial charge in [-0.05, 0) is 23.6 Å². The molecule has 0 unspecified atom stereocenters. The second-order valence-corrected chi connectivity index (χ2v) is 3.84. The molecule has 2 rings (SSSR count). The van der Waals surface area contributed by atoms with E-state index < -0.39 is 6.55 Å². The molecule has 0 aliphatic heterocycles. The Labute approximate surface area is 86.5 Å². The fourth-order valence-corrected chi connectivity index (χ4v) is 1.53. The number of aromatic nitrogens is 2. The molecule has 2 aromatic rings. The quantitative estimate of drug-likeness (QED) is 0.741. The Morgan fingerprint density at radius 2 is 2.07 bits per heavy atom. The Bertz CT molecular complexity index is 474. The highest BCUT2D eigenvalue weighted by Crippen LogP contribution is 2.23. The largest absolute Gasteiger partial charge is 0.320 e. The number of hydrogen-bond donors (Lipinski definition) is 0. The van der Waals surface area contributed by atoms with E-state index in [1.807, 2.05) is 19.9 Å². The van der Waals surface area contributed by atoms with Gasteiger partial charge in [0.15, 0.2) is 0 Å². The molecule has 15 heavy (non-hydrogen) atoms. The van der Waals surface area contributed by atoms with Gasteiger partial charge in [-0.1, -0.05) is 13.8 Å². The van der Waals surface area contributed by atoms with Crippen molar-refractivity contribution in [1.29, 1.82) is 0 Å². The second kappa shape index (κ2) is 3.61. The van der Waals surface area contributed by atoms with E-state index in [0.717, 1.165) is 15.5 Å². The van der Waals surface area contributed by atoms with Crippen LogP contribution in [0.5, 0.6) is 0 Å². The molecule has 0 saturated carbocycles. The number of rotatable bonds is 2. The summed E-state index contributed by atoms with van der Waals surface area (Å²) in [5.74, 6) is 0.358. The average Bonchev–Trinajstić information content (AvgIpc) is 2.59. The average molecular weight is 210 g/mol. The van der Waals surface area contributed by atoms with Gasteiger partial charge in [-0.25, -0.2) is 4.98 Å². The first kappa shape index (κ1) is 10.1. The standard InChI is InChI=1S/C11H12F2N2/c1-7(2)9-5-8-3-4-15(11(12)13)10(8)14-6-9/h3-7,11H,1-2H3. The summed E-state index contributed by atoms with van der Waals surface area (Å²) in [5, 5.41) is 0.765. The van der Waals surface area contributed by atoms with Gasteiger partial charge in [0.1, 0.15) is 5.65 Å². The Morgan fingerprint density at radius 3 is 2.67 bits per heavy atom. The normalized spacial score (nSPS) is 11.9. The third-order valence-electron chi connectivity index (χ3n) is 2.45. The third-order valence-corrected chi connectivity index (χ3v) is 2.45. The highest BCUT2D eigenvalue weighted by atomic mass is 19.3. The minimum Gasteiger partial charge on any atom is -0.275 e. The van der Waals surface area contributed by atoms with Gasteiger partial charge in [-0.15, -0.1) is 0 Å². The summed E-state index contributed by atoms with van der Waals surface area (Å²) >= 11 is 0. The molecule has 0 amide bonds. The Kier molecular flexibility index (Phi) is 2.42. The molecular weight excluding hydrogens is 198 g/mol. The molecule has 0 aromatic carbocycles. The predicted molar refractivity (Wildman–Crippen MR) is 55.1 cm³/mol. The monoisotopic (exact) mass is 210 g/mol. The van der Waals surface area contributed by atoms with E-state index in [2.05, 4.69) is 4.98 Å². The molecule has 2 nitrogen and oxygen atoms in total. The summed E-state index contributed by atoms with van der Waals surface area (Å²) in [5.41, 5.74) is 1.41. The van der Waals surface area contributed by atoms with E-state index >= 15 is 0 Å². The van der Waals surface area contributed by atoms with Gasteiger partial charge in [0.05, 0.1) is 0 Å². The molecule has 0 bridgehead atoms. The smallest absolute Gasteiger partial charge is 0.275 e. The van der Waals surface area contributed by atoms with Crippen LogP contribution in [0, 0.1) is 0 Å². The minimum atomic E-state index is -2.53. The van der Waals surface area contributed by atoms with Gasteiger partial charge in [-0.3, -0.25) is 4.57 Å². The van der Waals surface area contributed by atoms with Gasteiger partial charge < -0.3 is 0 Å². The number of pyridine rings is 1. The van der Waals surface area contributed by atoms with Crippen molar-refractivity contribution < 1.29 is 8.78 Å². The summed E-state index contributed by atoms with van der Waals surface area (Å²) in [6.07, 6.45) is 3.03. The Morgan fingerprint density at radius 1 is 1.33 bits per heavy atom. The lowest BCUT2D eigenvalue weighted by Gasteiger charge is -2.06. The summed E-state index contributed by atoms with van der Waals surface area (Å²) in [7, 11) is 0. The van der Waals surface area contributed by atoms with Gasteiger partial charge in [-0.2, -0.15) is 8.78 Å². The number of alkyl halides is 2. The van der Waals surface area contributed by atoms with E-state index in [-0.39, 0.29) is 0 Å². The second-order valence-electron chi connectivity index (χ2n) is 3.84. The van der Waals surface area contributed by atoms with Crippen LogP contribution in [-0.2, 0) is 0 Å². The van der Waals surface area contributed by atoms with Crippen molar-refractivity contribution in [2.24, 2.45) is 0 Å². The number of fused-ring (bicyclic) bond motifs is 1.